The number of benzene rings is 2. The van der Waals surface area contributed by atoms with Crippen LogP contribution in [0.5, 0.6) is 5.75 Å². The Morgan fingerprint density at radius 3 is 2.78 bits per heavy atom. The van der Waals surface area contributed by atoms with E-state index in [1.807, 2.05) is 12.1 Å². The molecule has 0 aliphatic heterocycles. The molecule has 3 rings (SSSR count). The number of nitrogens with zero attached hydrogens (tertiary/aromatic N) is 1. The van der Waals surface area contributed by atoms with Crippen molar-refractivity contribution in [3.63, 3.8) is 0 Å². The van der Waals surface area contributed by atoms with Crippen molar-refractivity contribution in [2.75, 3.05) is 20.2 Å². The van der Waals surface area contributed by atoms with Crippen molar-refractivity contribution < 1.29 is 13.9 Å². The van der Waals surface area contributed by atoms with Gasteiger partial charge in [-0.1, -0.05) is 18.2 Å². The molecule has 0 heterocycles. The van der Waals surface area contributed by atoms with Gasteiger partial charge in [0.25, 0.3) is 5.91 Å². The van der Waals surface area contributed by atoms with E-state index in [-0.39, 0.29) is 24.1 Å². The molecular weight excluding hydrogens is 293 g/mol. The van der Waals surface area contributed by atoms with Crippen LogP contribution in [0.4, 0.5) is 4.39 Å². The molecule has 1 amide bonds. The van der Waals surface area contributed by atoms with Gasteiger partial charge in [-0.3, -0.25) is 4.79 Å². The Hall–Kier alpha value is -2.36. The van der Waals surface area contributed by atoms with Gasteiger partial charge < -0.3 is 9.64 Å². The molecule has 0 N–H and O–H groups in total. The number of amides is 1. The fraction of sp³-hybridized carbons (Fsp3) is 0.316. The van der Waals surface area contributed by atoms with Crippen molar-refractivity contribution in [3.05, 3.63) is 65.0 Å². The molecule has 1 aliphatic rings. The number of aryl methyl sites for hydroxylation is 2. The van der Waals surface area contributed by atoms with Gasteiger partial charge in [-0.05, 0) is 54.7 Å². The van der Waals surface area contributed by atoms with Crippen LogP contribution in [0, 0.1) is 5.82 Å². The summed E-state index contributed by atoms with van der Waals surface area (Å²) in [6.07, 6.45) is 3.33. The third-order valence-corrected chi connectivity index (χ3v) is 4.21. The molecule has 0 saturated carbocycles. The van der Waals surface area contributed by atoms with Crippen molar-refractivity contribution in [2.24, 2.45) is 0 Å². The van der Waals surface area contributed by atoms with Crippen molar-refractivity contribution in [3.8, 4) is 5.75 Å². The van der Waals surface area contributed by atoms with Crippen molar-refractivity contribution in [2.45, 2.75) is 19.3 Å². The van der Waals surface area contributed by atoms with E-state index in [2.05, 4.69) is 6.07 Å². The summed E-state index contributed by atoms with van der Waals surface area (Å²) in [6, 6.07) is 12.2. The molecule has 0 atom stereocenters. The number of likely N-dealkylation sites (N-methyl/N-ethyl adjacent to an activating group) is 1. The second-order valence-electron chi connectivity index (χ2n) is 5.84. The molecule has 23 heavy (non-hydrogen) atoms. The predicted molar refractivity (Wildman–Crippen MR) is 87.3 cm³/mol. The number of rotatable bonds is 5. The summed E-state index contributed by atoms with van der Waals surface area (Å²) in [4.78, 5) is 14.1. The van der Waals surface area contributed by atoms with Gasteiger partial charge in [-0.15, -0.1) is 0 Å². The van der Waals surface area contributed by atoms with E-state index in [0.717, 1.165) is 12.8 Å². The summed E-state index contributed by atoms with van der Waals surface area (Å²) in [6.45, 7) is 0.665. The van der Waals surface area contributed by atoms with E-state index < -0.39 is 0 Å². The van der Waals surface area contributed by atoms with Gasteiger partial charge >= 0.3 is 0 Å². The molecule has 0 fully saturated rings. The van der Waals surface area contributed by atoms with Crippen LogP contribution in [-0.2, 0) is 12.8 Å². The van der Waals surface area contributed by atoms with Gasteiger partial charge in [0.1, 0.15) is 6.61 Å². The van der Waals surface area contributed by atoms with Crippen molar-refractivity contribution in [1.29, 1.82) is 0 Å². The van der Waals surface area contributed by atoms with Gasteiger partial charge in [0.05, 0.1) is 6.54 Å². The third-order valence-electron chi connectivity index (χ3n) is 4.21. The maximum atomic E-state index is 13.5. The van der Waals surface area contributed by atoms with Crippen LogP contribution in [0.15, 0.2) is 42.5 Å². The summed E-state index contributed by atoms with van der Waals surface area (Å²) in [5.41, 5.74) is 3.35. The topological polar surface area (TPSA) is 29.5 Å². The third kappa shape index (κ3) is 3.52. The van der Waals surface area contributed by atoms with Crippen molar-refractivity contribution >= 4 is 5.91 Å². The standard InChI is InChI=1S/C19H20FNO2/c1-21(11-12-23-18-8-3-2-7-17(18)20)19(22)16-10-9-14-5-4-6-15(14)13-16/h2-3,7-10,13H,4-6,11-12H2,1H3. The molecule has 0 unspecified atom stereocenters. The van der Waals surface area contributed by atoms with Gasteiger partial charge in [0, 0.05) is 12.6 Å². The van der Waals surface area contributed by atoms with E-state index in [1.165, 1.54) is 23.6 Å². The normalized spacial score (nSPS) is 12.8. The molecule has 120 valence electrons. The number of halogens is 1. The van der Waals surface area contributed by atoms with Gasteiger partial charge in [-0.2, -0.15) is 0 Å². The summed E-state index contributed by atoms with van der Waals surface area (Å²) in [7, 11) is 1.74. The molecule has 2 aromatic rings. The lowest BCUT2D eigenvalue weighted by Gasteiger charge is -2.18. The van der Waals surface area contributed by atoms with Crippen LogP contribution in [0.3, 0.4) is 0 Å². The lowest BCUT2D eigenvalue weighted by molar-refractivity contribution is 0.0773. The first kappa shape index (κ1) is 15.5. The molecule has 4 heteroatoms. The Morgan fingerprint density at radius 2 is 1.96 bits per heavy atom. The predicted octanol–water partition coefficient (Wildman–Crippen LogP) is 3.47. The minimum atomic E-state index is -0.389. The van der Waals surface area contributed by atoms with Crippen LogP contribution >= 0.6 is 0 Å². The van der Waals surface area contributed by atoms with Crippen LogP contribution in [-0.4, -0.2) is 31.0 Å². The fourth-order valence-corrected chi connectivity index (χ4v) is 2.88. The zero-order valence-electron chi connectivity index (χ0n) is 13.2. The van der Waals surface area contributed by atoms with Crippen molar-refractivity contribution in [1.82, 2.24) is 4.90 Å². The lowest BCUT2D eigenvalue weighted by Crippen LogP contribution is -2.31. The largest absolute Gasteiger partial charge is 0.489 e. The number of ether oxygens (including phenoxy) is 1. The van der Waals surface area contributed by atoms with Crippen LogP contribution in [0.1, 0.15) is 27.9 Å². The molecule has 0 bridgehead atoms. The maximum absolute atomic E-state index is 13.5. The highest BCUT2D eigenvalue weighted by atomic mass is 19.1. The summed E-state index contributed by atoms with van der Waals surface area (Å²) in [5.74, 6) is -0.206. The first-order valence-corrected chi connectivity index (χ1v) is 7.90. The Balaban J connectivity index is 1.56. The van der Waals surface area contributed by atoms with Gasteiger partial charge in [0.15, 0.2) is 11.6 Å². The average Bonchev–Trinajstić information content (AvgIpc) is 3.03. The maximum Gasteiger partial charge on any atom is 0.253 e. The molecular formula is C19H20FNO2. The first-order valence-electron chi connectivity index (χ1n) is 7.90. The summed E-state index contributed by atoms with van der Waals surface area (Å²) >= 11 is 0. The van der Waals surface area contributed by atoms with E-state index in [9.17, 15) is 9.18 Å². The number of hydrogen-bond acceptors (Lipinski definition) is 2. The summed E-state index contributed by atoms with van der Waals surface area (Å²) in [5, 5.41) is 0. The Kier molecular flexibility index (Phi) is 4.60. The van der Waals surface area contributed by atoms with Crippen LogP contribution in [0.25, 0.3) is 0 Å². The highest BCUT2D eigenvalue weighted by Gasteiger charge is 2.16. The molecule has 0 aromatic heterocycles. The van der Waals surface area contributed by atoms with Crippen LogP contribution in [0.2, 0.25) is 0 Å². The van der Waals surface area contributed by atoms with E-state index in [4.69, 9.17) is 4.74 Å². The SMILES string of the molecule is CN(CCOc1ccccc1F)C(=O)c1ccc2c(c1)CCC2. The molecule has 3 nitrogen and oxygen atoms in total. The Morgan fingerprint density at radius 1 is 1.17 bits per heavy atom. The second-order valence-corrected chi connectivity index (χ2v) is 5.84. The first-order chi connectivity index (χ1) is 11.1. The molecule has 1 aliphatic carbocycles. The molecule has 0 radical (unpaired) electrons. The number of carbonyl (C=O) groups is 1. The number of hydrogen-bond donors (Lipinski definition) is 0. The highest BCUT2D eigenvalue weighted by Crippen LogP contribution is 2.23. The second kappa shape index (κ2) is 6.82. The smallest absolute Gasteiger partial charge is 0.253 e. The number of fused-ring (bicyclic) bond motifs is 1. The summed E-state index contributed by atoms with van der Waals surface area (Å²) < 4.78 is 18.9. The minimum absolute atomic E-state index is 0.0307. The average molecular weight is 313 g/mol. The lowest BCUT2D eigenvalue weighted by atomic mass is 10.1. The van der Waals surface area contributed by atoms with E-state index in [0.29, 0.717) is 12.1 Å². The number of para-hydroxylation sites is 1. The highest BCUT2D eigenvalue weighted by molar-refractivity contribution is 5.94. The van der Waals surface area contributed by atoms with Gasteiger partial charge in [0.2, 0.25) is 0 Å². The van der Waals surface area contributed by atoms with E-state index >= 15 is 0 Å². The molecule has 2 aromatic carbocycles. The van der Waals surface area contributed by atoms with Gasteiger partial charge in [-0.25, -0.2) is 4.39 Å². The Bertz CT molecular complexity index is 714. The molecule has 0 saturated heterocycles. The minimum Gasteiger partial charge on any atom is -0.489 e. The zero-order valence-corrected chi connectivity index (χ0v) is 13.2. The Labute approximate surface area is 135 Å². The molecule has 0 spiro atoms. The monoisotopic (exact) mass is 313 g/mol. The fourth-order valence-electron chi connectivity index (χ4n) is 2.88. The quantitative estimate of drug-likeness (QED) is 0.846. The zero-order chi connectivity index (χ0) is 16.2. The number of carbonyl (C=O) groups excluding carboxylic acids is 1. The van der Waals surface area contributed by atoms with Crippen LogP contribution < -0.4 is 4.74 Å². The van der Waals surface area contributed by atoms with E-state index in [1.54, 1.807) is 30.1 Å².